The third kappa shape index (κ3) is 2.58. The molecule has 4 N–H and O–H groups in total. The highest BCUT2D eigenvalue weighted by Gasteiger charge is 2.48. The van der Waals surface area contributed by atoms with Crippen LogP contribution in [0.15, 0.2) is 18.2 Å². The molecule has 1 aromatic carbocycles. The Bertz CT molecular complexity index is 615. The van der Waals surface area contributed by atoms with Crippen LogP contribution in [0.1, 0.15) is 36.8 Å². The van der Waals surface area contributed by atoms with Crippen LogP contribution in [0.5, 0.6) is 0 Å². The molecule has 1 amide bonds. The summed E-state index contributed by atoms with van der Waals surface area (Å²) in [6, 6.07) is 6.85. The number of benzene rings is 1. The molecule has 0 aromatic heterocycles. The first kappa shape index (κ1) is 15.2. The Balaban J connectivity index is 1.53. The molecule has 1 aromatic rings. The maximum Gasteiger partial charge on any atom is 0.230 e. The third-order valence-corrected chi connectivity index (χ3v) is 6.19. The number of carbonyl (C=O) groups excluding carboxylic acids is 1. The second-order valence-corrected chi connectivity index (χ2v) is 7.59. The molecule has 2 fully saturated rings. The van der Waals surface area contributed by atoms with E-state index in [1.165, 1.54) is 11.1 Å². The monoisotopic (exact) mass is 313 g/mol. The van der Waals surface area contributed by atoms with Crippen molar-refractivity contribution < 1.29 is 4.79 Å². The molecule has 4 nitrogen and oxygen atoms in total. The van der Waals surface area contributed by atoms with E-state index in [4.69, 9.17) is 11.5 Å². The molecule has 4 heteroatoms. The highest BCUT2D eigenvalue weighted by molar-refractivity contribution is 5.96. The fourth-order valence-corrected chi connectivity index (χ4v) is 4.90. The minimum atomic E-state index is 0.188. The first-order valence-corrected chi connectivity index (χ1v) is 9.06. The van der Waals surface area contributed by atoms with E-state index in [0.717, 1.165) is 50.8 Å². The molecular weight excluding hydrogens is 286 g/mol. The second-order valence-electron chi connectivity index (χ2n) is 7.59. The number of carbonyl (C=O) groups is 1. The SMILES string of the molecule is NCCc1ccc2c(c1)CCCN2C(=O)C1CC2CC(N)C2C1. The number of hydrogen-bond donors (Lipinski definition) is 2. The molecule has 0 spiro atoms. The fraction of sp³-hybridized carbons (Fsp3) is 0.632. The lowest BCUT2D eigenvalue weighted by atomic mass is 9.72. The average Bonchev–Trinajstić information content (AvgIpc) is 2.91. The minimum Gasteiger partial charge on any atom is -0.330 e. The lowest BCUT2D eigenvalue weighted by molar-refractivity contribution is -0.122. The van der Waals surface area contributed by atoms with Gasteiger partial charge in [0, 0.05) is 24.2 Å². The first-order chi connectivity index (χ1) is 11.2. The van der Waals surface area contributed by atoms with Crippen LogP contribution in [-0.4, -0.2) is 25.0 Å². The van der Waals surface area contributed by atoms with Gasteiger partial charge in [-0.05, 0) is 74.1 Å². The zero-order valence-corrected chi connectivity index (χ0v) is 13.7. The average molecular weight is 313 g/mol. The molecular formula is C19H27N3O. The van der Waals surface area contributed by atoms with E-state index < -0.39 is 0 Å². The van der Waals surface area contributed by atoms with E-state index in [1.807, 2.05) is 4.90 Å². The fourth-order valence-electron chi connectivity index (χ4n) is 4.90. The van der Waals surface area contributed by atoms with Crippen LogP contribution in [0.25, 0.3) is 0 Å². The summed E-state index contributed by atoms with van der Waals surface area (Å²) in [4.78, 5) is 15.1. The van der Waals surface area contributed by atoms with Crippen molar-refractivity contribution in [1.29, 1.82) is 0 Å². The van der Waals surface area contributed by atoms with E-state index >= 15 is 0 Å². The summed E-state index contributed by atoms with van der Waals surface area (Å²) in [5.41, 5.74) is 15.5. The minimum absolute atomic E-state index is 0.188. The van der Waals surface area contributed by atoms with E-state index in [9.17, 15) is 4.79 Å². The van der Waals surface area contributed by atoms with E-state index in [-0.39, 0.29) is 5.92 Å². The number of hydrogen-bond acceptors (Lipinski definition) is 3. The molecule has 4 atom stereocenters. The van der Waals surface area contributed by atoms with Gasteiger partial charge in [0.05, 0.1) is 0 Å². The van der Waals surface area contributed by atoms with Crippen LogP contribution in [-0.2, 0) is 17.6 Å². The van der Waals surface area contributed by atoms with Crippen molar-refractivity contribution in [2.75, 3.05) is 18.0 Å². The number of aryl methyl sites for hydroxylation is 1. The Morgan fingerprint density at radius 2 is 2.13 bits per heavy atom. The quantitative estimate of drug-likeness (QED) is 0.894. The predicted molar refractivity (Wildman–Crippen MR) is 92.2 cm³/mol. The van der Waals surface area contributed by atoms with Crippen LogP contribution < -0.4 is 16.4 Å². The van der Waals surface area contributed by atoms with Crippen LogP contribution in [0.3, 0.4) is 0 Å². The first-order valence-electron chi connectivity index (χ1n) is 9.06. The number of anilines is 1. The largest absolute Gasteiger partial charge is 0.330 e. The van der Waals surface area contributed by atoms with Crippen molar-refractivity contribution in [3.8, 4) is 0 Å². The third-order valence-electron chi connectivity index (χ3n) is 6.19. The zero-order chi connectivity index (χ0) is 16.0. The Morgan fingerprint density at radius 1 is 1.26 bits per heavy atom. The lowest BCUT2D eigenvalue weighted by Gasteiger charge is -2.37. The van der Waals surface area contributed by atoms with Crippen LogP contribution in [0.2, 0.25) is 0 Å². The molecule has 0 bridgehead atoms. The van der Waals surface area contributed by atoms with Gasteiger partial charge in [-0.3, -0.25) is 4.79 Å². The number of fused-ring (bicyclic) bond motifs is 2. The summed E-state index contributed by atoms with van der Waals surface area (Å²) in [5, 5.41) is 0. The van der Waals surface area contributed by atoms with E-state index in [0.29, 0.717) is 30.3 Å². The lowest BCUT2D eigenvalue weighted by Crippen LogP contribution is -2.44. The van der Waals surface area contributed by atoms with Gasteiger partial charge in [-0.2, -0.15) is 0 Å². The zero-order valence-electron chi connectivity index (χ0n) is 13.7. The molecule has 4 unspecified atom stereocenters. The molecule has 124 valence electrons. The number of nitrogens with two attached hydrogens (primary N) is 2. The molecule has 3 aliphatic rings. The summed E-state index contributed by atoms with van der Waals surface area (Å²) in [6.07, 6.45) is 6.21. The highest BCUT2D eigenvalue weighted by Crippen LogP contribution is 2.49. The van der Waals surface area contributed by atoms with Crippen LogP contribution >= 0.6 is 0 Å². The molecule has 0 radical (unpaired) electrons. The number of rotatable bonds is 3. The van der Waals surface area contributed by atoms with Gasteiger partial charge in [0.25, 0.3) is 0 Å². The molecule has 1 aliphatic heterocycles. The normalized spacial score (nSPS) is 32.2. The molecule has 2 saturated carbocycles. The maximum absolute atomic E-state index is 13.1. The topological polar surface area (TPSA) is 72.3 Å². The van der Waals surface area contributed by atoms with Crippen molar-refractivity contribution in [3.63, 3.8) is 0 Å². The van der Waals surface area contributed by atoms with Gasteiger partial charge in [0.15, 0.2) is 0 Å². The van der Waals surface area contributed by atoms with Crippen LogP contribution in [0, 0.1) is 17.8 Å². The highest BCUT2D eigenvalue weighted by atomic mass is 16.2. The molecule has 1 heterocycles. The van der Waals surface area contributed by atoms with E-state index in [1.54, 1.807) is 0 Å². The van der Waals surface area contributed by atoms with Gasteiger partial charge < -0.3 is 16.4 Å². The van der Waals surface area contributed by atoms with Gasteiger partial charge in [0.2, 0.25) is 5.91 Å². The summed E-state index contributed by atoms with van der Waals surface area (Å²) in [7, 11) is 0. The van der Waals surface area contributed by atoms with Gasteiger partial charge in [-0.1, -0.05) is 12.1 Å². The smallest absolute Gasteiger partial charge is 0.230 e. The molecule has 4 rings (SSSR count). The summed E-state index contributed by atoms with van der Waals surface area (Å²) >= 11 is 0. The summed E-state index contributed by atoms with van der Waals surface area (Å²) in [5.74, 6) is 1.82. The standard InChI is InChI=1S/C19H27N3O/c20-6-5-12-3-4-18-13(8-12)2-1-7-22(18)19(23)15-9-14-11-17(21)16(14)10-15/h3-4,8,14-17H,1-2,5-7,9-11,20-21H2. The number of nitrogens with zero attached hydrogens (tertiary/aromatic N) is 1. The molecule has 2 aliphatic carbocycles. The van der Waals surface area contributed by atoms with E-state index in [2.05, 4.69) is 18.2 Å². The van der Waals surface area contributed by atoms with Crippen molar-refractivity contribution in [1.82, 2.24) is 0 Å². The number of amides is 1. The molecule has 23 heavy (non-hydrogen) atoms. The maximum atomic E-state index is 13.1. The Kier molecular flexibility index (Phi) is 3.90. The Morgan fingerprint density at radius 3 is 2.87 bits per heavy atom. The van der Waals surface area contributed by atoms with Gasteiger partial charge in [0.1, 0.15) is 0 Å². The van der Waals surface area contributed by atoms with Crippen LogP contribution in [0.4, 0.5) is 5.69 Å². The summed E-state index contributed by atoms with van der Waals surface area (Å²) < 4.78 is 0. The molecule has 0 saturated heterocycles. The predicted octanol–water partition coefficient (Wildman–Crippen LogP) is 1.84. The second kappa shape index (κ2) is 5.91. The van der Waals surface area contributed by atoms with Crippen molar-refractivity contribution in [2.45, 2.75) is 44.6 Å². The van der Waals surface area contributed by atoms with Crippen molar-refractivity contribution >= 4 is 11.6 Å². The van der Waals surface area contributed by atoms with Gasteiger partial charge >= 0.3 is 0 Å². The van der Waals surface area contributed by atoms with Gasteiger partial charge in [-0.15, -0.1) is 0 Å². The van der Waals surface area contributed by atoms with Gasteiger partial charge in [-0.25, -0.2) is 0 Å². The van der Waals surface area contributed by atoms with Crippen molar-refractivity contribution in [3.05, 3.63) is 29.3 Å². The summed E-state index contributed by atoms with van der Waals surface area (Å²) in [6.45, 7) is 1.53. The Labute approximate surface area is 138 Å². The Hall–Kier alpha value is -1.39. The van der Waals surface area contributed by atoms with Crippen molar-refractivity contribution in [2.24, 2.45) is 29.2 Å².